The largest absolute Gasteiger partial charge is 0.468 e. The molecule has 0 saturated carbocycles. The van der Waals surface area contributed by atoms with Crippen LogP contribution in [0.25, 0.3) is 17.0 Å². The van der Waals surface area contributed by atoms with E-state index in [2.05, 4.69) is 49.1 Å². The first kappa shape index (κ1) is 26.1. The zero-order valence-electron chi connectivity index (χ0n) is 21.6. The number of aromatic nitrogens is 3. The summed E-state index contributed by atoms with van der Waals surface area (Å²) in [5, 5.41) is 10.4. The van der Waals surface area contributed by atoms with Crippen molar-refractivity contribution >= 4 is 35.3 Å². The molecule has 0 radical (unpaired) electrons. The van der Waals surface area contributed by atoms with Gasteiger partial charge in [0.25, 0.3) is 0 Å². The summed E-state index contributed by atoms with van der Waals surface area (Å²) in [6, 6.07) is 4.51. The lowest BCUT2D eigenvalue weighted by Gasteiger charge is -2.33. The molecule has 0 unspecified atom stereocenters. The lowest BCUT2D eigenvalue weighted by Crippen LogP contribution is -2.47. The van der Waals surface area contributed by atoms with E-state index >= 15 is 4.39 Å². The van der Waals surface area contributed by atoms with Gasteiger partial charge in [-0.05, 0) is 39.8 Å². The smallest absolute Gasteiger partial charge is 0.181 e. The van der Waals surface area contributed by atoms with Gasteiger partial charge in [-0.1, -0.05) is 6.08 Å². The van der Waals surface area contributed by atoms with Crippen LogP contribution in [-0.4, -0.2) is 77.1 Å². The third kappa shape index (κ3) is 5.88. The maximum atomic E-state index is 15.1. The Kier molecular flexibility index (Phi) is 8.02. The Bertz CT molecular complexity index is 1360. The third-order valence-corrected chi connectivity index (χ3v) is 6.32. The summed E-state index contributed by atoms with van der Waals surface area (Å²) in [6.45, 7) is 10.4. The van der Waals surface area contributed by atoms with Gasteiger partial charge in [0.15, 0.2) is 29.9 Å². The molecule has 196 valence electrons. The number of rotatable bonds is 8. The molecular weight excluding hydrogens is 478 g/mol. The molecule has 0 atom stereocenters. The number of amidine groups is 1. The number of aryl methyl sites for hydroxylation is 2. The van der Waals surface area contributed by atoms with E-state index in [1.54, 1.807) is 30.7 Å². The van der Waals surface area contributed by atoms with Crippen LogP contribution < -0.4 is 10.1 Å². The fourth-order valence-electron chi connectivity index (χ4n) is 4.15. The average molecular weight is 511 g/mol. The molecule has 0 aliphatic carbocycles. The van der Waals surface area contributed by atoms with Crippen LogP contribution in [0.2, 0.25) is 0 Å². The Labute approximate surface area is 214 Å². The molecule has 11 heteroatoms. The van der Waals surface area contributed by atoms with Crippen molar-refractivity contribution in [3.8, 4) is 5.75 Å². The van der Waals surface area contributed by atoms with Gasteiger partial charge in [0, 0.05) is 62.5 Å². The molecule has 2 N–H and O–H groups in total. The molecule has 9 nitrogen and oxygen atoms in total. The quantitative estimate of drug-likeness (QED) is 0.351. The highest BCUT2D eigenvalue weighted by Gasteiger charge is 2.19. The van der Waals surface area contributed by atoms with Gasteiger partial charge in [-0.3, -0.25) is 5.10 Å². The summed E-state index contributed by atoms with van der Waals surface area (Å²) in [7, 11) is 3.76. The summed E-state index contributed by atoms with van der Waals surface area (Å²) in [5.74, 6) is 0.250. The monoisotopic (exact) mass is 510 g/mol. The normalized spacial score (nSPS) is 15.7. The van der Waals surface area contributed by atoms with E-state index in [9.17, 15) is 4.39 Å². The second-order valence-corrected chi connectivity index (χ2v) is 8.88. The molecule has 4 rings (SSSR count). The fourth-order valence-corrected chi connectivity index (χ4v) is 4.15. The molecule has 3 aromatic rings. The summed E-state index contributed by atoms with van der Waals surface area (Å²) < 4.78 is 37.0. The molecule has 0 amide bonds. The minimum atomic E-state index is -0.613. The van der Waals surface area contributed by atoms with Crippen LogP contribution in [0.5, 0.6) is 5.75 Å². The van der Waals surface area contributed by atoms with Crippen LogP contribution in [0.15, 0.2) is 46.2 Å². The average Bonchev–Trinajstić information content (AvgIpc) is 3.45. The van der Waals surface area contributed by atoms with E-state index in [4.69, 9.17) is 4.74 Å². The maximum Gasteiger partial charge on any atom is 0.181 e. The Morgan fingerprint density at radius 3 is 2.68 bits per heavy atom. The predicted molar refractivity (Wildman–Crippen MR) is 144 cm³/mol. The van der Waals surface area contributed by atoms with E-state index in [0.717, 1.165) is 43.6 Å². The van der Waals surface area contributed by atoms with Crippen molar-refractivity contribution in [1.29, 1.82) is 0 Å². The van der Waals surface area contributed by atoms with Crippen LogP contribution in [0, 0.1) is 18.6 Å². The van der Waals surface area contributed by atoms with Gasteiger partial charge in [-0.2, -0.15) is 5.10 Å². The highest BCUT2D eigenvalue weighted by Crippen LogP contribution is 2.31. The maximum absolute atomic E-state index is 15.1. The molecule has 0 bridgehead atoms. The summed E-state index contributed by atoms with van der Waals surface area (Å²) in [5.41, 5.74) is 1.79. The van der Waals surface area contributed by atoms with Crippen molar-refractivity contribution in [2.45, 2.75) is 13.8 Å². The van der Waals surface area contributed by atoms with E-state index in [0.29, 0.717) is 17.5 Å². The molecule has 3 heterocycles. The molecule has 1 aliphatic rings. The van der Waals surface area contributed by atoms with Crippen molar-refractivity contribution in [2.75, 3.05) is 45.3 Å². The van der Waals surface area contributed by atoms with Crippen LogP contribution in [-0.2, 0) is 7.05 Å². The highest BCUT2D eigenvalue weighted by atomic mass is 19.1. The number of nitrogens with zero attached hydrogens (tertiary/aromatic N) is 6. The Balaban J connectivity index is 1.58. The van der Waals surface area contributed by atoms with E-state index in [-0.39, 0.29) is 23.4 Å². The van der Waals surface area contributed by atoms with Crippen LogP contribution in [0.1, 0.15) is 18.3 Å². The second kappa shape index (κ2) is 11.4. The van der Waals surface area contributed by atoms with Crippen molar-refractivity contribution in [3.63, 3.8) is 0 Å². The molecular formula is C26H32F2N8O. The second-order valence-electron chi connectivity index (χ2n) is 8.88. The number of likely N-dealkylation sites (N-methyl/N-ethyl adjacent to an activating group) is 1. The van der Waals surface area contributed by atoms with Gasteiger partial charge in [0.1, 0.15) is 11.7 Å². The number of ether oxygens (including phenoxy) is 1. The Hall–Kier alpha value is -3.99. The number of halogens is 2. The van der Waals surface area contributed by atoms with Gasteiger partial charge in [0.2, 0.25) is 0 Å². The topological polar surface area (TPSA) is 86.1 Å². The predicted octanol–water partition coefficient (Wildman–Crippen LogP) is 4.16. The zero-order valence-corrected chi connectivity index (χ0v) is 21.6. The number of benzene rings is 1. The molecule has 37 heavy (non-hydrogen) atoms. The Morgan fingerprint density at radius 1 is 1.22 bits per heavy atom. The molecule has 1 saturated heterocycles. The van der Waals surface area contributed by atoms with Crippen molar-refractivity contribution in [3.05, 3.63) is 59.2 Å². The number of piperazine rings is 1. The lowest BCUT2D eigenvalue weighted by molar-refractivity contribution is 0.214. The molecule has 1 aromatic carbocycles. The minimum Gasteiger partial charge on any atom is -0.468 e. The van der Waals surface area contributed by atoms with E-state index in [1.165, 1.54) is 0 Å². The number of anilines is 1. The van der Waals surface area contributed by atoms with Gasteiger partial charge >= 0.3 is 0 Å². The van der Waals surface area contributed by atoms with Gasteiger partial charge in [-0.25, -0.2) is 18.8 Å². The molecule has 1 fully saturated rings. The Morgan fingerprint density at radius 2 is 1.97 bits per heavy atom. The summed E-state index contributed by atoms with van der Waals surface area (Å²) in [6.07, 6.45) is 5.54. The third-order valence-electron chi connectivity index (χ3n) is 6.32. The molecule has 2 aromatic heterocycles. The standard InChI is InChI=1S/C26H32F2N8O/c1-6-7-18-13-23(33-32-18)31-22(29-3)15-24(36-10-8-34(4)9-11-36)30-16-37-21-14-20(27)26-19(25(21)28)12-17(2)35(26)5/h6-7,12-15H,3,8-11,16H2,1-2,4-5H3,(H2,31,32,33)/b7-6-,22-15+,30-24+. The van der Waals surface area contributed by atoms with Gasteiger partial charge in [0.05, 0.1) is 11.2 Å². The summed E-state index contributed by atoms with van der Waals surface area (Å²) in [4.78, 5) is 13.0. The van der Waals surface area contributed by atoms with Gasteiger partial charge < -0.3 is 24.4 Å². The van der Waals surface area contributed by atoms with E-state index in [1.807, 2.05) is 25.1 Å². The van der Waals surface area contributed by atoms with Crippen molar-refractivity contribution in [2.24, 2.45) is 17.0 Å². The number of hydrogen-bond acceptors (Lipinski definition) is 6. The van der Waals surface area contributed by atoms with Crippen LogP contribution >= 0.6 is 0 Å². The number of nitrogens with one attached hydrogen (secondary N) is 2. The van der Waals surface area contributed by atoms with Crippen LogP contribution in [0.3, 0.4) is 0 Å². The fraction of sp³-hybridized carbons (Fsp3) is 0.346. The first-order valence-electron chi connectivity index (χ1n) is 12.0. The minimum absolute atomic E-state index is 0.178. The number of aromatic amines is 1. The number of allylic oxidation sites excluding steroid dienone is 1. The first-order chi connectivity index (χ1) is 17.8. The SMILES string of the molecule is C=N/C(=C\C(=N/COc1cc(F)c2c(cc(C)n2C)c1F)N1CCN(C)CC1)Nc1cc(/C=C\C)[nH]n1. The summed E-state index contributed by atoms with van der Waals surface area (Å²) >= 11 is 0. The highest BCUT2D eigenvalue weighted by molar-refractivity contribution is 5.94. The molecule has 0 spiro atoms. The van der Waals surface area contributed by atoms with Gasteiger partial charge in [-0.15, -0.1) is 0 Å². The zero-order chi connectivity index (χ0) is 26.5. The lowest BCUT2D eigenvalue weighted by atomic mass is 10.2. The van der Waals surface area contributed by atoms with Crippen molar-refractivity contribution < 1.29 is 13.5 Å². The van der Waals surface area contributed by atoms with E-state index < -0.39 is 11.6 Å². The number of hydrogen-bond donors (Lipinski definition) is 2. The first-order valence-corrected chi connectivity index (χ1v) is 12.0. The number of fused-ring (bicyclic) bond motifs is 1. The number of H-pyrrole nitrogens is 1. The van der Waals surface area contributed by atoms with Crippen LogP contribution in [0.4, 0.5) is 14.6 Å². The number of aliphatic imine (C=N–C) groups is 2. The van der Waals surface area contributed by atoms with Crippen molar-refractivity contribution in [1.82, 2.24) is 24.6 Å². The molecule has 1 aliphatic heterocycles.